The molecule has 1 atom stereocenters. The van der Waals surface area contributed by atoms with Crippen LogP contribution in [-0.2, 0) is 19.1 Å². The summed E-state index contributed by atoms with van der Waals surface area (Å²) in [5.41, 5.74) is 5.89. The largest absolute Gasteiger partial charge is 0.459 e. The molecule has 1 aliphatic rings. The number of hydrogen-bond acceptors (Lipinski definition) is 8. The van der Waals surface area contributed by atoms with Crippen LogP contribution in [0.5, 0.6) is 0 Å². The molecular weight excluding hydrogens is 523 g/mol. The van der Waals surface area contributed by atoms with Crippen LogP contribution in [0, 0.1) is 0 Å². The number of nitrogens with zero attached hydrogens (tertiary/aromatic N) is 3. The molecule has 3 rings (SSSR count). The highest BCUT2D eigenvalue weighted by atomic mass is 35.5. The standard InChI is InChI=1S/C25H28Cl2N4O6/c1-25(2,3)37-23(34)19(28)6-4-5-7-21(32)31-22(33)14-30(24(31)35)29-13-16-9-11-20(36-16)15-8-10-17(26)18(27)12-15/h8-13,19H,4-7,14,28H2,1-3H3. The van der Waals surface area contributed by atoms with Gasteiger partial charge in [0.25, 0.3) is 5.91 Å². The predicted octanol–water partition coefficient (Wildman–Crippen LogP) is 4.61. The number of rotatable bonds is 9. The summed E-state index contributed by atoms with van der Waals surface area (Å²) >= 11 is 12.0. The second-order valence-electron chi connectivity index (χ2n) is 9.42. The summed E-state index contributed by atoms with van der Waals surface area (Å²) in [5.74, 6) is -0.996. The van der Waals surface area contributed by atoms with Gasteiger partial charge in [-0.05, 0) is 63.9 Å². The molecule has 0 aliphatic carbocycles. The number of hydrazone groups is 1. The van der Waals surface area contributed by atoms with Gasteiger partial charge in [-0.25, -0.2) is 9.80 Å². The lowest BCUT2D eigenvalue weighted by Crippen LogP contribution is -2.38. The third kappa shape index (κ3) is 7.64. The van der Waals surface area contributed by atoms with Crippen LogP contribution in [-0.4, -0.2) is 58.1 Å². The van der Waals surface area contributed by atoms with Gasteiger partial charge in [-0.15, -0.1) is 0 Å². The second-order valence-corrected chi connectivity index (χ2v) is 10.2. The minimum absolute atomic E-state index is 0.0543. The van der Waals surface area contributed by atoms with E-state index < -0.39 is 35.5 Å². The smallest absolute Gasteiger partial charge is 0.354 e. The molecular formula is C25H28Cl2N4O6. The van der Waals surface area contributed by atoms with Crippen LogP contribution in [0.2, 0.25) is 10.0 Å². The van der Waals surface area contributed by atoms with E-state index in [4.69, 9.17) is 38.1 Å². The van der Waals surface area contributed by atoms with Gasteiger partial charge in [-0.1, -0.05) is 29.6 Å². The minimum Gasteiger partial charge on any atom is -0.459 e. The minimum atomic E-state index is -0.840. The quantitative estimate of drug-likeness (QED) is 0.208. The van der Waals surface area contributed by atoms with Gasteiger partial charge in [0.2, 0.25) is 5.91 Å². The molecule has 0 spiro atoms. The van der Waals surface area contributed by atoms with Crippen molar-refractivity contribution in [3.8, 4) is 11.3 Å². The van der Waals surface area contributed by atoms with Crippen molar-refractivity contribution >= 4 is 53.2 Å². The van der Waals surface area contributed by atoms with E-state index in [-0.39, 0.29) is 13.0 Å². The van der Waals surface area contributed by atoms with Gasteiger partial charge >= 0.3 is 12.0 Å². The number of esters is 1. The Kier molecular flexibility index (Phi) is 9.12. The molecule has 2 aromatic rings. The molecule has 2 heterocycles. The Balaban J connectivity index is 1.50. The first kappa shape index (κ1) is 28.4. The van der Waals surface area contributed by atoms with Gasteiger partial charge in [0.1, 0.15) is 29.7 Å². The normalized spacial score (nSPS) is 15.1. The fourth-order valence-corrected chi connectivity index (χ4v) is 3.72. The zero-order chi connectivity index (χ0) is 27.3. The monoisotopic (exact) mass is 550 g/mol. The lowest BCUT2D eigenvalue weighted by molar-refractivity contribution is -0.156. The second kappa shape index (κ2) is 11.9. The zero-order valence-corrected chi connectivity index (χ0v) is 22.2. The molecule has 0 bridgehead atoms. The molecule has 1 aliphatic heterocycles. The third-order valence-electron chi connectivity index (χ3n) is 5.22. The van der Waals surface area contributed by atoms with Crippen molar-refractivity contribution in [2.75, 3.05) is 6.54 Å². The lowest BCUT2D eigenvalue weighted by atomic mass is 10.1. The maximum atomic E-state index is 12.6. The van der Waals surface area contributed by atoms with Crippen LogP contribution in [0.15, 0.2) is 39.9 Å². The number of furan rings is 1. The highest BCUT2D eigenvalue weighted by Crippen LogP contribution is 2.29. The number of imide groups is 3. The Morgan fingerprint density at radius 3 is 2.57 bits per heavy atom. The molecule has 37 heavy (non-hydrogen) atoms. The Bertz CT molecular complexity index is 1220. The van der Waals surface area contributed by atoms with E-state index in [1.807, 2.05) is 0 Å². The van der Waals surface area contributed by atoms with E-state index >= 15 is 0 Å². The number of urea groups is 1. The lowest BCUT2D eigenvalue weighted by Gasteiger charge is -2.22. The summed E-state index contributed by atoms with van der Waals surface area (Å²) in [6.07, 6.45) is 2.33. The van der Waals surface area contributed by atoms with Gasteiger partial charge in [-0.3, -0.25) is 14.4 Å². The van der Waals surface area contributed by atoms with Gasteiger partial charge in [0.15, 0.2) is 0 Å². The average molecular weight is 551 g/mol. The maximum absolute atomic E-state index is 12.6. The molecule has 10 nitrogen and oxygen atoms in total. The van der Waals surface area contributed by atoms with Crippen LogP contribution >= 0.6 is 23.2 Å². The van der Waals surface area contributed by atoms with Crippen molar-refractivity contribution in [2.24, 2.45) is 10.8 Å². The van der Waals surface area contributed by atoms with Crippen LogP contribution < -0.4 is 5.73 Å². The van der Waals surface area contributed by atoms with Gasteiger partial charge in [0.05, 0.1) is 16.3 Å². The van der Waals surface area contributed by atoms with Crippen LogP contribution in [0.25, 0.3) is 11.3 Å². The Labute approximate surface area is 224 Å². The van der Waals surface area contributed by atoms with Gasteiger partial charge < -0.3 is 14.9 Å². The van der Waals surface area contributed by atoms with E-state index in [1.54, 1.807) is 51.1 Å². The molecule has 198 valence electrons. The predicted molar refractivity (Wildman–Crippen MR) is 138 cm³/mol. The van der Waals surface area contributed by atoms with Crippen molar-refractivity contribution in [3.05, 3.63) is 46.1 Å². The van der Waals surface area contributed by atoms with Crippen molar-refractivity contribution in [1.29, 1.82) is 0 Å². The highest BCUT2D eigenvalue weighted by Gasteiger charge is 2.40. The van der Waals surface area contributed by atoms with Crippen LogP contribution in [0.3, 0.4) is 0 Å². The number of amides is 4. The molecule has 1 saturated heterocycles. The summed E-state index contributed by atoms with van der Waals surface area (Å²) in [4.78, 5) is 49.9. The summed E-state index contributed by atoms with van der Waals surface area (Å²) in [7, 11) is 0. The van der Waals surface area contributed by atoms with Crippen LogP contribution in [0.1, 0.15) is 52.2 Å². The SMILES string of the molecule is CC(C)(C)OC(=O)C(N)CCCCC(=O)N1C(=O)CN(N=Cc2ccc(-c3ccc(Cl)c(Cl)c3)o2)C1=O. The summed E-state index contributed by atoms with van der Waals surface area (Å²) in [6.45, 7) is 4.87. The van der Waals surface area contributed by atoms with E-state index in [1.165, 1.54) is 6.21 Å². The first-order valence-electron chi connectivity index (χ1n) is 11.6. The average Bonchev–Trinajstić information content (AvgIpc) is 3.39. The Morgan fingerprint density at radius 2 is 1.89 bits per heavy atom. The first-order valence-corrected chi connectivity index (χ1v) is 12.4. The van der Waals surface area contributed by atoms with Crippen molar-refractivity contribution in [1.82, 2.24) is 9.91 Å². The fraction of sp³-hybridized carbons (Fsp3) is 0.400. The number of halogens is 2. The number of nitrogens with two attached hydrogens (primary N) is 1. The number of carbonyl (C=O) groups excluding carboxylic acids is 4. The molecule has 1 unspecified atom stereocenters. The van der Waals surface area contributed by atoms with Crippen molar-refractivity contribution in [3.63, 3.8) is 0 Å². The Hall–Kier alpha value is -3.21. The number of ether oxygens (including phenoxy) is 1. The molecule has 0 saturated carbocycles. The van der Waals surface area contributed by atoms with Gasteiger partial charge in [-0.2, -0.15) is 10.0 Å². The topological polar surface area (TPSA) is 136 Å². The summed E-state index contributed by atoms with van der Waals surface area (Å²) in [5, 5.41) is 5.68. The fourth-order valence-electron chi connectivity index (χ4n) is 3.43. The van der Waals surface area contributed by atoms with Gasteiger partial charge in [0, 0.05) is 12.0 Å². The maximum Gasteiger partial charge on any atom is 0.354 e. The molecule has 1 fully saturated rings. The summed E-state index contributed by atoms with van der Waals surface area (Å²) in [6, 6.07) is 6.72. The number of carbonyl (C=O) groups is 4. The number of unbranched alkanes of at least 4 members (excludes halogenated alkanes) is 1. The van der Waals surface area contributed by atoms with E-state index in [2.05, 4.69) is 5.10 Å². The third-order valence-corrected chi connectivity index (χ3v) is 5.96. The van der Waals surface area contributed by atoms with E-state index in [9.17, 15) is 19.2 Å². The van der Waals surface area contributed by atoms with E-state index in [0.717, 1.165) is 5.01 Å². The zero-order valence-electron chi connectivity index (χ0n) is 20.7. The molecule has 4 amide bonds. The van der Waals surface area contributed by atoms with E-state index in [0.29, 0.717) is 51.3 Å². The Morgan fingerprint density at radius 1 is 1.16 bits per heavy atom. The first-order chi connectivity index (χ1) is 17.4. The number of benzene rings is 1. The molecule has 1 aromatic carbocycles. The number of hydrogen-bond donors (Lipinski definition) is 1. The van der Waals surface area contributed by atoms with Crippen LogP contribution in [0.4, 0.5) is 4.79 Å². The molecule has 0 radical (unpaired) electrons. The molecule has 1 aromatic heterocycles. The van der Waals surface area contributed by atoms with Crippen molar-refractivity contribution < 1.29 is 28.3 Å². The highest BCUT2D eigenvalue weighted by molar-refractivity contribution is 6.42. The summed E-state index contributed by atoms with van der Waals surface area (Å²) < 4.78 is 10.9. The molecule has 2 N–H and O–H groups in total. The molecule has 12 heteroatoms. The van der Waals surface area contributed by atoms with Crippen molar-refractivity contribution in [2.45, 2.75) is 58.1 Å².